The average Bonchev–Trinajstić information content (AvgIpc) is 3.64. The number of nitrogens with zero attached hydrogens (tertiary/aromatic N) is 2. The van der Waals surface area contributed by atoms with Gasteiger partial charge in [0.15, 0.2) is 25.2 Å². The molecule has 23 N–H and O–H groups in total. The Morgan fingerprint density at radius 3 is 1.78 bits per heavy atom. The van der Waals surface area contributed by atoms with E-state index in [9.17, 15) is 65.4 Å². The Morgan fingerprint density at radius 2 is 1.22 bits per heavy atom. The van der Waals surface area contributed by atoms with Gasteiger partial charge in [-0.2, -0.15) is 11.8 Å². The van der Waals surface area contributed by atoms with Gasteiger partial charge in [0.2, 0.25) is 11.8 Å². The minimum Gasteiger partial charge on any atom is -0.394 e. The molecule has 1 saturated carbocycles. The monoisotopic (exact) mass is 1090 g/mol. The summed E-state index contributed by atoms with van der Waals surface area (Å²) in [5.41, 5.74) is 35.8. The smallest absolute Gasteiger partial charge is 0.327 e. The molecule has 0 aromatic rings. The van der Waals surface area contributed by atoms with Crippen molar-refractivity contribution in [1.82, 2.24) is 15.1 Å². The van der Waals surface area contributed by atoms with Crippen LogP contribution in [0, 0.1) is 0 Å². The molecule has 5 saturated heterocycles. The van der Waals surface area contributed by atoms with Crippen molar-refractivity contribution < 1.29 is 103 Å². The molecule has 6 fully saturated rings. The molecule has 30 nitrogen and oxygen atoms in total. The molecule has 74 heavy (non-hydrogen) atoms. The first-order chi connectivity index (χ1) is 34.9. The van der Waals surface area contributed by atoms with Crippen LogP contribution in [0.2, 0.25) is 0 Å². The van der Waals surface area contributed by atoms with Crippen LogP contribution in [0.15, 0.2) is 0 Å². The van der Waals surface area contributed by atoms with Gasteiger partial charge in [-0.25, -0.2) is 4.79 Å². The lowest BCUT2D eigenvalue weighted by Crippen LogP contribution is -2.68. The third kappa shape index (κ3) is 13.4. The Balaban J connectivity index is 1.12. The lowest BCUT2D eigenvalue weighted by molar-refractivity contribution is -0.306. The summed E-state index contributed by atoms with van der Waals surface area (Å²) >= 11 is 1.21. The summed E-state index contributed by atoms with van der Waals surface area (Å²) in [4.78, 5) is 43.3. The summed E-state index contributed by atoms with van der Waals surface area (Å²) in [7, 11) is 0. The molecule has 6 aliphatic rings. The Bertz CT molecular complexity index is 1840. The van der Waals surface area contributed by atoms with Crippen molar-refractivity contribution in [3.63, 3.8) is 0 Å². The molecule has 1 unspecified atom stereocenters. The zero-order valence-corrected chi connectivity index (χ0v) is 42.3. The lowest BCUT2D eigenvalue weighted by atomic mass is 9.84. The van der Waals surface area contributed by atoms with Gasteiger partial charge in [-0.3, -0.25) is 14.5 Å². The predicted octanol–water partition coefficient (Wildman–Crippen LogP) is -10.0. The number of thioether (sulfide) groups is 1. The van der Waals surface area contributed by atoms with E-state index in [1.54, 1.807) is 20.8 Å². The van der Waals surface area contributed by atoms with Gasteiger partial charge >= 0.3 is 6.03 Å². The highest BCUT2D eigenvalue weighted by Crippen LogP contribution is 2.36. The maximum absolute atomic E-state index is 13.9. The van der Waals surface area contributed by atoms with Gasteiger partial charge in [0.1, 0.15) is 91.5 Å². The van der Waals surface area contributed by atoms with Crippen molar-refractivity contribution in [3.8, 4) is 0 Å². The fourth-order valence-electron chi connectivity index (χ4n) is 9.82. The molecule has 31 heteroatoms. The Labute approximate surface area is 431 Å². The van der Waals surface area contributed by atoms with E-state index in [4.69, 9.17) is 72.3 Å². The molecular weight excluding hydrogens is 1010 g/mol. The molecular formula is C43H79N9O21S. The molecule has 0 spiro atoms. The molecule has 1 aliphatic carbocycles. The van der Waals surface area contributed by atoms with E-state index in [1.807, 2.05) is 0 Å². The number of ether oxygens (including phenoxy) is 8. The van der Waals surface area contributed by atoms with E-state index in [0.29, 0.717) is 0 Å². The highest BCUT2D eigenvalue weighted by molar-refractivity contribution is 7.99. The minimum absolute atomic E-state index is 0.00972. The lowest BCUT2D eigenvalue weighted by Gasteiger charge is -2.47. The molecule has 25 atom stereocenters. The van der Waals surface area contributed by atoms with Crippen LogP contribution in [-0.4, -0.2) is 288 Å². The summed E-state index contributed by atoms with van der Waals surface area (Å²) < 4.78 is 47.4. The van der Waals surface area contributed by atoms with Crippen molar-refractivity contribution in [2.75, 3.05) is 50.9 Å². The van der Waals surface area contributed by atoms with Gasteiger partial charge in [-0.05, 0) is 33.6 Å². The molecule has 5 heterocycles. The molecule has 0 aromatic heterocycles. The van der Waals surface area contributed by atoms with Crippen molar-refractivity contribution in [2.24, 2.45) is 34.4 Å². The molecule has 0 bridgehead atoms. The maximum Gasteiger partial charge on any atom is 0.327 e. The molecule has 0 radical (unpaired) electrons. The van der Waals surface area contributed by atoms with E-state index < -0.39 is 183 Å². The average molecular weight is 1090 g/mol. The van der Waals surface area contributed by atoms with Crippen molar-refractivity contribution >= 4 is 29.6 Å². The number of imide groups is 1. The first kappa shape index (κ1) is 61.0. The first-order valence-corrected chi connectivity index (χ1v) is 25.9. The van der Waals surface area contributed by atoms with Crippen LogP contribution in [0.4, 0.5) is 4.79 Å². The number of hydrogen-bond donors (Lipinski definition) is 17. The fourth-order valence-corrected chi connectivity index (χ4v) is 10.7. The number of amides is 4. The number of rotatable bonds is 20. The summed E-state index contributed by atoms with van der Waals surface area (Å²) in [5, 5.41) is 108. The van der Waals surface area contributed by atoms with Crippen LogP contribution >= 0.6 is 11.8 Å². The summed E-state index contributed by atoms with van der Waals surface area (Å²) in [6, 6.07) is -6.52. The number of carbonyl (C=O) groups is 3. The molecule has 4 amide bonds. The van der Waals surface area contributed by atoms with Gasteiger partial charge in [-0.15, -0.1) is 0 Å². The van der Waals surface area contributed by atoms with E-state index in [-0.39, 0.29) is 63.6 Å². The first-order valence-electron chi connectivity index (χ1n) is 24.7. The van der Waals surface area contributed by atoms with Crippen LogP contribution < -0.4 is 39.7 Å². The number of aliphatic hydroxyl groups excluding tert-OH is 10. The largest absolute Gasteiger partial charge is 0.394 e. The zero-order chi connectivity index (χ0) is 54.7. The zero-order valence-electron chi connectivity index (χ0n) is 41.4. The highest BCUT2D eigenvalue weighted by atomic mass is 32.2. The van der Waals surface area contributed by atoms with Crippen LogP contribution in [0.1, 0.15) is 40.0 Å². The third-order valence-corrected chi connectivity index (χ3v) is 15.2. The van der Waals surface area contributed by atoms with Crippen LogP contribution in [0.25, 0.3) is 0 Å². The Hall–Kier alpha value is -2.20. The van der Waals surface area contributed by atoms with Crippen LogP contribution in [-0.2, 0) is 47.5 Å². The minimum atomic E-state index is -1.69. The topological polar surface area (TPSA) is 502 Å². The quantitative estimate of drug-likeness (QED) is 0.0503. The second-order valence-corrected chi connectivity index (χ2v) is 21.6. The van der Waals surface area contributed by atoms with Gasteiger partial charge in [0, 0.05) is 55.3 Å². The second kappa shape index (κ2) is 26.2. The predicted molar refractivity (Wildman–Crippen MR) is 253 cm³/mol. The van der Waals surface area contributed by atoms with Gasteiger partial charge < -0.3 is 134 Å². The van der Waals surface area contributed by atoms with E-state index in [1.165, 1.54) is 16.7 Å². The summed E-state index contributed by atoms with van der Waals surface area (Å²) in [6.07, 6.45) is -28.8. The Kier molecular flexibility index (Phi) is 21.6. The second-order valence-electron chi connectivity index (χ2n) is 20.4. The van der Waals surface area contributed by atoms with Gasteiger partial charge in [0.25, 0.3) is 0 Å². The molecule has 0 aromatic carbocycles. The number of nitrogens with two attached hydrogens (primary N) is 6. The van der Waals surface area contributed by atoms with E-state index in [2.05, 4.69) is 5.32 Å². The van der Waals surface area contributed by atoms with Gasteiger partial charge in [-0.1, -0.05) is 0 Å². The molecule has 6 rings (SSSR count). The molecule has 5 aliphatic heterocycles. The van der Waals surface area contributed by atoms with E-state index >= 15 is 0 Å². The number of nitrogens with one attached hydrogen (secondary N) is 1. The summed E-state index contributed by atoms with van der Waals surface area (Å²) in [6.45, 7) is 3.60. The maximum atomic E-state index is 13.9. The third-order valence-electron chi connectivity index (χ3n) is 14.1. The van der Waals surface area contributed by atoms with Gasteiger partial charge in [0.05, 0.1) is 43.9 Å². The normalized spacial score (nSPS) is 44.5. The SMILES string of the molecule is CC(C)(C)N1C(=O)CC(C(=O)NCCSC[C@H]2O[C@@H](O[C@@H]3[C@@H](O)[C@H](N)C[C@H](N)[C@H]3O[C@H]3O[C@H](CN)[C@@H](O)[C@H](O)[C@H]3N)[C@H](O)[C@@H]2O[C@H]2O[C@@H](CN)[C@@H](O)[C@H](O)[C@H]2N)N(CCCO[C@@H]2O[C@H](CO)[C@@H](O)[C@H](O)[C@H]2O)C1=O. The van der Waals surface area contributed by atoms with Crippen LogP contribution in [0.5, 0.6) is 0 Å². The highest BCUT2D eigenvalue weighted by Gasteiger charge is 2.55. The number of urea groups is 1. The van der Waals surface area contributed by atoms with Crippen LogP contribution in [0.3, 0.4) is 0 Å². The fraction of sp³-hybridized carbons (Fsp3) is 0.930. The number of aliphatic hydroxyl groups is 10. The number of hydrogen-bond acceptors (Lipinski definition) is 28. The number of carbonyl (C=O) groups excluding carboxylic acids is 3. The standard InChI is InChI=1S/C43H79N9O21S/c1-43(2,3)52-22(54)10-17(51(42(52)65)6-4-7-66-40-32(62)31(61)28(58)20(13-53)69-40)37(64)50-5-8-74-14-21-35(72-39-24(49)30(60)27(57)19(12-45)68-39)33(63)41(70-21)73-36-25(55)15(46)9-16(47)34(36)71-38-23(48)29(59)26(56)18(11-44)67-38/h15-21,23-36,38-41,53,55-63H,4-14,44-49H2,1-3H3,(H,50,64)/t15-,16+,17?,18-,19+,20-,21-,23-,24-,25+,26-,27-,28-,29-,30-,31+,32-,33-,34-,35-,36-,38-,39-,40-,41+/m1/s1. The molecule has 428 valence electrons. The van der Waals surface area contributed by atoms with E-state index in [0.717, 1.165) is 4.90 Å². The van der Waals surface area contributed by atoms with Crippen molar-refractivity contribution in [2.45, 2.75) is 199 Å². The Morgan fingerprint density at radius 1 is 0.676 bits per heavy atom. The van der Waals surface area contributed by atoms with Crippen molar-refractivity contribution in [3.05, 3.63) is 0 Å². The van der Waals surface area contributed by atoms with Crippen molar-refractivity contribution in [1.29, 1.82) is 0 Å². The summed E-state index contributed by atoms with van der Waals surface area (Å²) in [5.74, 6) is -1.04.